The van der Waals surface area contributed by atoms with E-state index in [-0.39, 0.29) is 5.91 Å². The molecule has 6 heteroatoms. The van der Waals surface area contributed by atoms with Gasteiger partial charge in [-0.05, 0) is 61.1 Å². The van der Waals surface area contributed by atoms with Crippen molar-refractivity contribution in [3.8, 4) is 0 Å². The molecule has 0 atom stereocenters. The van der Waals surface area contributed by atoms with E-state index >= 15 is 0 Å². The molecule has 0 aliphatic carbocycles. The fourth-order valence-corrected chi connectivity index (χ4v) is 4.43. The van der Waals surface area contributed by atoms with Crippen LogP contribution in [-0.2, 0) is 22.9 Å². The molecule has 0 spiro atoms. The summed E-state index contributed by atoms with van der Waals surface area (Å²) in [5, 5.41) is 3.02. The third kappa shape index (κ3) is 3.60. The molecule has 0 unspecified atom stereocenters. The van der Waals surface area contributed by atoms with Crippen LogP contribution >= 0.6 is 0 Å². The van der Waals surface area contributed by atoms with Crippen molar-refractivity contribution in [2.24, 2.45) is 0 Å². The van der Waals surface area contributed by atoms with Crippen LogP contribution < -0.4 is 9.62 Å². The summed E-state index contributed by atoms with van der Waals surface area (Å²) < 4.78 is 25.3. The summed E-state index contributed by atoms with van der Waals surface area (Å²) in [6.07, 6.45) is 3.58. The first-order chi connectivity index (χ1) is 12.3. The number of anilines is 2. The normalized spacial score (nSPS) is 14.0. The van der Waals surface area contributed by atoms with Gasteiger partial charge in [-0.25, -0.2) is 8.42 Å². The zero-order valence-electron chi connectivity index (χ0n) is 15.4. The van der Waals surface area contributed by atoms with Gasteiger partial charge in [-0.15, -0.1) is 0 Å². The number of amides is 1. The molecule has 26 heavy (non-hydrogen) atoms. The maximum absolute atomic E-state index is 12.8. The van der Waals surface area contributed by atoms with Gasteiger partial charge >= 0.3 is 0 Å². The number of carbonyl (C=O) groups excluding carboxylic acids is 1. The van der Waals surface area contributed by atoms with E-state index in [1.807, 2.05) is 31.2 Å². The molecule has 1 aliphatic rings. The van der Waals surface area contributed by atoms with Gasteiger partial charge in [-0.3, -0.25) is 9.10 Å². The third-order valence-electron chi connectivity index (χ3n) is 4.80. The molecule has 1 aliphatic heterocycles. The van der Waals surface area contributed by atoms with Crippen LogP contribution in [0.5, 0.6) is 0 Å². The van der Waals surface area contributed by atoms with Gasteiger partial charge in [0.2, 0.25) is 10.0 Å². The van der Waals surface area contributed by atoms with Crippen molar-refractivity contribution in [3.05, 3.63) is 58.7 Å². The second-order valence-corrected chi connectivity index (χ2v) is 8.61. The molecule has 1 amide bonds. The minimum atomic E-state index is -3.30. The lowest BCUT2D eigenvalue weighted by molar-refractivity contribution is 0.102. The van der Waals surface area contributed by atoms with Crippen LogP contribution in [0.25, 0.3) is 0 Å². The Labute approximate surface area is 155 Å². The minimum absolute atomic E-state index is 0.173. The van der Waals surface area contributed by atoms with Crippen molar-refractivity contribution in [3.63, 3.8) is 0 Å². The number of fused-ring (bicyclic) bond motifs is 1. The van der Waals surface area contributed by atoms with E-state index in [0.717, 1.165) is 41.6 Å². The molecular weight excluding hydrogens is 348 g/mol. The molecule has 1 N–H and O–H groups in total. The van der Waals surface area contributed by atoms with Crippen LogP contribution in [0.1, 0.15) is 40.4 Å². The number of nitrogens with one attached hydrogen (secondary N) is 1. The summed E-state index contributed by atoms with van der Waals surface area (Å²) in [4.78, 5) is 12.8. The lowest BCUT2D eigenvalue weighted by Crippen LogP contribution is -2.34. The molecule has 138 valence electrons. The number of rotatable bonds is 4. The summed E-state index contributed by atoms with van der Waals surface area (Å²) in [5.41, 5.74) is 5.11. The average molecular weight is 372 g/mol. The molecule has 2 aromatic carbocycles. The maximum Gasteiger partial charge on any atom is 0.255 e. The Balaban J connectivity index is 1.91. The molecule has 2 aromatic rings. The highest BCUT2D eigenvalue weighted by atomic mass is 32.2. The summed E-state index contributed by atoms with van der Waals surface area (Å²) in [6.45, 7) is 4.52. The van der Waals surface area contributed by atoms with E-state index in [4.69, 9.17) is 0 Å². The smallest absolute Gasteiger partial charge is 0.255 e. The van der Waals surface area contributed by atoms with Gasteiger partial charge in [-0.2, -0.15) is 0 Å². The predicted octanol–water partition coefficient (Wildman–Crippen LogP) is 3.52. The molecule has 1 heterocycles. The zero-order chi connectivity index (χ0) is 18.9. The SMILES string of the molecule is CCc1cccc(C)c1NC(=O)c1ccc2c(c1)CCCN2S(C)(=O)=O. The van der Waals surface area contributed by atoms with E-state index < -0.39 is 10.0 Å². The fourth-order valence-electron chi connectivity index (χ4n) is 3.44. The molecular formula is C20H24N2O3S. The number of aryl methyl sites for hydroxylation is 3. The number of nitrogens with zero attached hydrogens (tertiary/aromatic N) is 1. The van der Waals surface area contributed by atoms with Gasteiger partial charge in [0.1, 0.15) is 0 Å². The topological polar surface area (TPSA) is 66.5 Å². The number of sulfonamides is 1. The number of carbonyl (C=O) groups is 1. The highest BCUT2D eigenvalue weighted by Crippen LogP contribution is 2.30. The summed E-state index contributed by atoms with van der Waals surface area (Å²) >= 11 is 0. The number of hydrogen-bond acceptors (Lipinski definition) is 3. The number of para-hydroxylation sites is 1. The predicted molar refractivity (Wildman–Crippen MR) is 105 cm³/mol. The van der Waals surface area contributed by atoms with Gasteiger partial charge in [0.15, 0.2) is 0 Å². The van der Waals surface area contributed by atoms with Gasteiger partial charge < -0.3 is 5.32 Å². The Morgan fingerprint density at radius 1 is 1.23 bits per heavy atom. The molecule has 0 bridgehead atoms. The van der Waals surface area contributed by atoms with Crippen LogP contribution in [-0.4, -0.2) is 27.1 Å². The highest BCUT2D eigenvalue weighted by Gasteiger charge is 2.24. The van der Waals surface area contributed by atoms with Crippen molar-refractivity contribution in [1.82, 2.24) is 0 Å². The molecule has 0 radical (unpaired) electrons. The molecule has 0 saturated carbocycles. The van der Waals surface area contributed by atoms with Crippen LogP contribution in [0.4, 0.5) is 11.4 Å². The fraction of sp³-hybridized carbons (Fsp3) is 0.350. The Morgan fingerprint density at radius 2 is 2.00 bits per heavy atom. The Morgan fingerprint density at radius 3 is 2.69 bits per heavy atom. The van der Waals surface area contributed by atoms with Gasteiger partial charge in [0.25, 0.3) is 5.91 Å². The van der Waals surface area contributed by atoms with Crippen LogP contribution in [0.3, 0.4) is 0 Å². The molecule has 5 nitrogen and oxygen atoms in total. The average Bonchev–Trinajstić information content (AvgIpc) is 2.61. The zero-order valence-corrected chi connectivity index (χ0v) is 16.2. The quantitative estimate of drug-likeness (QED) is 0.893. The van der Waals surface area contributed by atoms with E-state index in [1.54, 1.807) is 12.1 Å². The van der Waals surface area contributed by atoms with Crippen LogP contribution in [0.15, 0.2) is 36.4 Å². The largest absolute Gasteiger partial charge is 0.321 e. The van der Waals surface area contributed by atoms with E-state index in [2.05, 4.69) is 12.2 Å². The first kappa shape index (κ1) is 18.5. The third-order valence-corrected chi connectivity index (χ3v) is 5.98. The van der Waals surface area contributed by atoms with Gasteiger partial charge in [-0.1, -0.05) is 25.1 Å². The van der Waals surface area contributed by atoms with E-state index in [9.17, 15) is 13.2 Å². The van der Waals surface area contributed by atoms with Crippen LogP contribution in [0.2, 0.25) is 0 Å². The van der Waals surface area contributed by atoms with Crippen molar-refractivity contribution < 1.29 is 13.2 Å². The summed E-state index contributed by atoms with van der Waals surface area (Å²) in [6, 6.07) is 11.2. The minimum Gasteiger partial charge on any atom is -0.321 e. The monoisotopic (exact) mass is 372 g/mol. The van der Waals surface area contributed by atoms with Crippen molar-refractivity contribution >= 4 is 27.3 Å². The first-order valence-electron chi connectivity index (χ1n) is 8.81. The lowest BCUT2D eigenvalue weighted by Gasteiger charge is -2.29. The van der Waals surface area contributed by atoms with Crippen molar-refractivity contribution in [2.75, 3.05) is 22.4 Å². The van der Waals surface area contributed by atoms with Crippen molar-refractivity contribution in [1.29, 1.82) is 0 Å². The van der Waals surface area contributed by atoms with Crippen LogP contribution in [0, 0.1) is 6.92 Å². The number of hydrogen-bond donors (Lipinski definition) is 1. The Hall–Kier alpha value is -2.34. The van der Waals surface area contributed by atoms with Crippen molar-refractivity contribution in [2.45, 2.75) is 33.1 Å². The summed E-state index contributed by atoms with van der Waals surface area (Å²) in [7, 11) is -3.30. The molecule has 0 aromatic heterocycles. The summed E-state index contributed by atoms with van der Waals surface area (Å²) in [5.74, 6) is -0.173. The number of benzene rings is 2. The Bertz CT molecular complexity index is 952. The molecule has 0 saturated heterocycles. The lowest BCUT2D eigenvalue weighted by atomic mass is 10.00. The first-order valence-corrected chi connectivity index (χ1v) is 10.7. The van der Waals surface area contributed by atoms with Gasteiger partial charge in [0.05, 0.1) is 11.9 Å². The standard InChI is InChI=1S/C20H24N2O3S/c1-4-15-8-5-7-14(2)19(15)21-20(23)17-10-11-18-16(13-17)9-6-12-22(18)26(3,24)25/h5,7-8,10-11,13H,4,6,9,12H2,1-3H3,(H,21,23). The van der Waals surface area contributed by atoms with E-state index in [0.29, 0.717) is 17.8 Å². The maximum atomic E-state index is 12.8. The highest BCUT2D eigenvalue weighted by molar-refractivity contribution is 7.92. The van der Waals surface area contributed by atoms with Gasteiger partial charge in [0, 0.05) is 17.8 Å². The van der Waals surface area contributed by atoms with E-state index in [1.165, 1.54) is 10.6 Å². The second-order valence-electron chi connectivity index (χ2n) is 6.70. The Kier molecular flexibility index (Phi) is 5.05. The second kappa shape index (κ2) is 7.11. The molecule has 3 rings (SSSR count). The molecule has 0 fully saturated rings.